The molecule has 3 nitrogen and oxygen atoms in total. The van der Waals surface area contributed by atoms with E-state index in [4.69, 9.17) is 9.47 Å². The van der Waals surface area contributed by atoms with E-state index >= 15 is 0 Å². The van der Waals surface area contributed by atoms with Gasteiger partial charge in [0.1, 0.15) is 4.83 Å². The highest BCUT2D eigenvalue weighted by Gasteiger charge is 2.10. The molecule has 0 radical (unpaired) electrons. The molecule has 0 saturated heterocycles. The molecule has 0 saturated carbocycles. The maximum Gasteiger partial charge on any atom is 0.160 e. The first-order valence-electron chi connectivity index (χ1n) is 4.72. The Balaban J connectivity index is 2.28. The molecule has 2 rings (SSSR count). The zero-order valence-electron chi connectivity index (χ0n) is 8.77. The number of pyridine rings is 1. The quantitative estimate of drug-likeness (QED) is 0.746. The predicted octanol–water partition coefficient (Wildman–Crippen LogP) is 2.46. The molecule has 80 valence electrons. The summed E-state index contributed by atoms with van der Waals surface area (Å²) < 4.78 is 10.4. The van der Waals surface area contributed by atoms with Crippen molar-refractivity contribution >= 4 is 21.6 Å². The Hall–Kier alpha value is -0.970. The molecule has 4 heteroatoms. The van der Waals surface area contributed by atoms with Crippen molar-refractivity contribution in [3.8, 4) is 0 Å². The Morgan fingerprint density at radius 3 is 2.93 bits per heavy atom. The Kier molecular flexibility index (Phi) is 3.30. The monoisotopic (exact) mass is 223 g/mol. The third-order valence-electron chi connectivity index (χ3n) is 2.34. The molecule has 0 spiro atoms. The lowest BCUT2D eigenvalue weighted by Crippen LogP contribution is -2.15. The van der Waals surface area contributed by atoms with Gasteiger partial charge < -0.3 is 9.47 Å². The van der Waals surface area contributed by atoms with Gasteiger partial charge in [-0.15, -0.1) is 11.3 Å². The van der Waals surface area contributed by atoms with Crippen LogP contribution < -0.4 is 0 Å². The fourth-order valence-corrected chi connectivity index (χ4v) is 2.44. The van der Waals surface area contributed by atoms with Crippen molar-refractivity contribution in [1.29, 1.82) is 0 Å². The molecule has 0 aromatic carbocycles. The Labute approximate surface area is 92.7 Å². The molecule has 0 amide bonds. The molecule has 2 heterocycles. The van der Waals surface area contributed by atoms with E-state index in [0.717, 1.165) is 11.3 Å². The van der Waals surface area contributed by atoms with Crippen LogP contribution in [0.15, 0.2) is 23.7 Å². The highest BCUT2D eigenvalue weighted by atomic mass is 32.1. The van der Waals surface area contributed by atoms with Gasteiger partial charge in [0.15, 0.2) is 6.29 Å². The minimum absolute atomic E-state index is 0.178. The summed E-state index contributed by atoms with van der Waals surface area (Å²) in [5.74, 6) is 0. The maximum atomic E-state index is 5.18. The summed E-state index contributed by atoms with van der Waals surface area (Å²) in [7, 11) is 3.31. The van der Waals surface area contributed by atoms with Crippen LogP contribution in [0.5, 0.6) is 0 Å². The second-order valence-corrected chi connectivity index (χ2v) is 4.08. The highest BCUT2D eigenvalue weighted by Crippen LogP contribution is 2.25. The Bertz CT molecular complexity index is 437. The predicted molar refractivity (Wildman–Crippen MR) is 61.1 cm³/mol. The van der Waals surface area contributed by atoms with Crippen molar-refractivity contribution in [2.45, 2.75) is 12.7 Å². The van der Waals surface area contributed by atoms with E-state index < -0.39 is 0 Å². The maximum absolute atomic E-state index is 5.18. The summed E-state index contributed by atoms with van der Waals surface area (Å²) in [5.41, 5.74) is 1.23. The first kappa shape index (κ1) is 10.5. The summed E-state index contributed by atoms with van der Waals surface area (Å²) in [6.07, 6.45) is 2.40. The topological polar surface area (TPSA) is 31.4 Å². The van der Waals surface area contributed by atoms with Crippen molar-refractivity contribution in [2.24, 2.45) is 0 Å². The number of hydrogen-bond acceptors (Lipinski definition) is 4. The van der Waals surface area contributed by atoms with Gasteiger partial charge in [-0.25, -0.2) is 4.98 Å². The summed E-state index contributed by atoms with van der Waals surface area (Å²) in [4.78, 5) is 5.37. The lowest BCUT2D eigenvalue weighted by molar-refractivity contribution is -0.100. The lowest BCUT2D eigenvalue weighted by Gasteiger charge is -2.12. The summed E-state index contributed by atoms with van der Waals surface area (Å²) in [6, 6.07) is 4.03. The molecule has 0 atom stereocenters. The number of fused-ring (bicyclic) bond motifs is 1. The van der Waals surface area contributed by atoms with Crippen LogP contribution in [0.3, 0.4) is 0 Å². The molecule has 0 N–H and O–H groups in total. The third-order valence-corrected chi connectivity index (χ3v) is 3.29. The zero-order chi connectivity index (χ0) is 10.7. The van der Waals surface area contributed by atoms with Crippen LogP contribution in [0.1, 0.15) is 5.56 Å². The van der Waals surface area contributed by atoms with Crippen molar-refractivity contribution in [3.63, 3.8) is 0 Å². The molecule has 2 aromatic heterocycles. The van der Waals surface area contributed by atoms with Crippen molar-refractivity contribution < 1.29 is 9.47 Å². The minimum Gasteiger partial charge on any atom is -0.356 e. The normalized spacial score (nSPS) is 11.4. The van der Waals surface area contributed by atoms with Gasteiger partial charge >= 0.3 is 0 Å². The number of nitrogens with zero attached hydrogens (tertiary/aromatic N) is 1. The number of aromatic nitrogens is 1. The summed E-state index contributed by atoms with van der Waals surface area (Å²) in [6.45, 7) is 0. The van der Waals surface area contributed by atoms with E-state index in [1.165, 1.54) is 10.9 Å². The number of hydrogen-bond donors (Lipinski definition) is 0. The van der Waals surface area contributed by atoms with Gasteiger partial charge in [-0.3, -0.25) is 0 Å². The largest absolute Gasteiger partial charge is 0.356 e. The average molecular weight is 223 g/mol. The van der Waals surface area contributed by atoms with E-state index in [9.17, 15) is 0 Å². The standard InChI is InChI=1S/C11H13NO2S/c1-13-10(14-2)6-8-7-15-11-9(8)4-3-5-12-11/h3-5,7,10H,6H2,1-2H3. The van der Waals surface area contributed by atoms with Gasteiger partial charge in [0.05, 0.1) is 0 Å². The van der Waals surface area contributed by atoms with Gasteiger partial charge in [-0.1, -0.05) is 6.07 Å². The molecule has 0 aliphatic heterocycles. The van der Waals surface area contributed by atoms with E-state index in [1.807, 2.05) is 12.3 Å². The fourth-order valence-electron chi connectivity index (χ4n) is 1.52. The average Bonchev–Trinajstić information content (AvgIpc) is 2.69. The van der Waals surface area contributed by atoms with Crippen molar-refractivity contribution in [3.05, 3.63) is 29.3 Å². The first-order valence-corrected chi connectivity index (χ1v) is 5.60. The summed E-state index contributed by atoms with van der Waals surface area (Å²) >= 11 is 1.65. The van der Waals surface area contributed by atoms with Gasteiger partial charge in [0.2, 0.25) is 0 Å². The molecular weight excluding hydrogens is 210 g/mol. The van der Waals surface area contributed by atoms with Crippen molar-refractivity contribution in [2.75, 3.05) is 14.2 Å². The van der Waals surface area contributed by atoms with Gasteiger partial charge in [-0.05, 0) is 17.0 Å². The SMILES string of the molecule is COC(Cc1csc2ncccc12)OC. The van der Waals surface area contributed by atoms with Crippen LogP contribution in [0, 0.1) is 0 Å². The second kappa shape index (κ2) is 4.70. The third kappa shape index (κ3) is 2.17. The first-order chi connectivity index (χ1) is 7.35. The van der Waals surface area contributed by atoms with Crippen LogP contribution in [-0.4, -0.2) is 25.5 Å². The number of rotatable bonds is 4. The van der Waals surface area contributed by atoms with Crippen LogP contribution in [0.4, 0.5) is 0 Å². The molecule has 0 aliphatic carbocycles. The van der Waals surface area contributed by atoms with Gasteiger partial charge in [0, 0.05) is 32.2 Å². The minimum atomic E-state index is -0.178. The fraction of sp³-hybridized carbons (Fsp3) is 0.364. The molecule has 0 bridgehead atoms. The summed E-state index contributed by atoms with van der Waals surface area (Å²) in [5, 5.41) is 3.31. The Morgan fingerprint density at radius 1 is 1.40 bits per heavy atom. The van der Waals surface area contributed by atoms with Gasteiger partial charge in [-0.2, -0.15) is 0 Å². The van der Waals surface area contributed by atoms with E-state index in [1.54, 1.807) is 25.6 Å². The van der Waals surface area contributed by atoms with E-state index in [0.29, 0.717) is 0 Å². The highest BCUT2D eigenvalue weighted by molar-refractivity contribution is 7.16. The van der Waals surface area contributed by atoms with Crippen LogP contribution in [0.2, 0.25) is 0 Å². The Morgan fingerprint density at radius 2 is 2.20 bits per heavy atom. The zero-order valence-corrected chi connectivity index (χ0v) is 9.58. The lowest BCUT2D eigenvalue weighted by atomic mass is 10.1. The molecule has 15 heavy (non-hydrogen) atoms. The van der Waals surface area contributed by atoms with Crippen LogP contribution >= 0.6 is 11.3 Å². The number of thiophene rings is 1. The molecule has 0 aliphatic rings. The van der Waals surface area contributed by atoms with E-state index in [2.05, 4.69) is 16.4 Å². The molecule has 2 aromatic rings. The van der Waals surface area contributed by atoms with Crippen LogP contribution in [-0.2, 0) is 15.9 Å². The number of ether oxygens (including phenoxy) is 2. The molecular formula is C11H13NO2S. The van der Waals surface area contributed by atoms with Gasteiger partial charge in [0.25, 0.3) is 0 Å². The molecule has 0 unspecified atom stereocenters. The molecule has 0 fully saturated rings. The van der Waals surface area contributed by atoms with E-state index in [-0.39, 0.29) is 6.29 Å². The van der Waals surface area contributed by atoms with Crippen molar-refractivity contribution in [1.82, 2.24) is 4.98 Å². The smallest absolute Gasteiger partial charge is 0.160 e. The number of methoxy groups -OCH3 is 2. The van der Waals surface area contributed by atoms with Crippen LogP contribution in [0.25, 0.3) is 10.2 Å². The second-order valence-electron chi connectivity index (χ2n) is 3.22.